The summed E-state index contributed by atoms with van der Waals surface area (Å²) < 4.78 is 0. The molecule has 1 aliphatic rings. The molecule has 1 fully saturated rings. The van der Waals surface area contributed by atoms with E-state index in [4.69, 9.17) is 10.2 Å². The Hall–Kier alpha value is -0.340. The van der Waals surface area contributed by atoms with Crippen molar-refractivity contribution in [2.24, 2.45) is 0 Å². The highest BCUT2D eigenvalue weighted by Gasteiger charge is 2.20. The number of hydrogen-bond acceptors (Lipinski definition) is 2. The first kappa shape index (κ1) is 6.78. The van der Waals surface area contributed by atoms with Crippen molar-refractivity contribution >= 4 is 0 Å². The monoisotopic (exact) mass is 128 g/mol. The molecule has 0 aromatic rings. The van der Waals surface area contributed by atoms with Crippen LogP contribution in [0.2, 0.25) is 0 Å². The zero-order chi connectivity index (χ0) is 6.85. The molecule has 0 aromatic heterocycles. The third kappa shape index (κ3) is 1.53. The van der Waals surface area contributed by atoms with Gasteiger partial charge in [-0.15, -0.1) is 0 Å². The Morgan fingerprint density at radius 1 is 1.44 bits per heavy atom. The van der Waals surface area contributed by atoms with Crippen LogP contribution in [0.3, 0.4) is 0 Å². The van der Waals surface area contributed by atoms with Gasteiger partial charge in [-0.2, -0.15) is 0 Å². The molecule has 9 heavy (non-hydrogen) atoms. The Bertz CT molecular complexity index is 120. The van der Waals surface area contributed by atoms with Crippen LogP contribution in [0.15, 0.2) is 12.2 Å². The lowest BCUT2D eigenvalue weighted by Gasteiger charge is -2.23. The predicted octanol–water partition coefficient (Wildman–Crippen LogP) is 0.448. The predicted molar refractivity (Wildman–Crippen MR) is 35.0 cm³/mol. The van der Waals surface area contributed by atoms with Gasteiger partial charge in [0, 0.05) is 6.42 Å². The molecular weight excluding hydrogens is 116 g/mol. The molecular formula is C7H12O2. The summed E-state index contributed by atoms with van der Waals surface area (Å²) in [7, 11) is 0. The maximum absolute atomic E-state index is 9.09. The SMILES string of the molecule is C=C1CC[C@@H](O)C[C@H]1O. The summed E-state index contributed by atoms with van der Waals surface area (Å²) in [5.41, 5.74) is 0.861. The second kappa shape index (κ2) is 2.50. The Balaban J connectivity index is 2.44. The summed E-state index contributed by atoms with van der Waals surface area (Å²) in [6, 6.07) is 0. The number of hydrogen-bond donors (Lipinski definition) is 2. The van der Waals surface area contributed by atoms with Gasteiger partial charge in [-0.1, -0.05) is 6.58 Å². The Morgan fingerprint density at radius 3 is 2.56 bits per heavy atom. The van der Waals surface area contributed by atoms with Crippen LogP contribution in [0.1, 0.15) is 19.3 Å². The first-order valence-electron chi connectivity index (χ1n) is 3.24. The van der Waals surface area contributed by atoms with E-state index in [-0.39, 0.29) is 6.10 Å². The molecule has 2 N–H and O–H groups in total. The van der Waals surface area contributed by atoms with Crippen LogP contribution in [0.5, 0.6) is 0 Å². The maximum atomic E-state index is 9.09. The standard InChI is InChI=1S/C7H12O2/c1-5-2-3-6(8)4-7(5)9/h6-9H,1-4H2/t6-,7-/m1/s1. The molecule has 0 bridgehead atoms. The summed E-state index contributed by atoms with van der Waals surface area (Å²) in [5, 5.41) is 18.1. The molecule has 0 heterocycles. The summed E-state index contributed by atoms with van der Waals surface area (Å²) >= 11 is 0. The van der Waals surface area contributed by atoms with Gasteiger partial charge in [0.2, 0.25) is 0 Å². The lowest BCUT2D eigenvalue weighted by molar-refractivity contribution is 0.0715. The van der Waals surface area contributed by atoms with Crippen LogP contribution in [-0.2, 0) is 0 Å². The lowest BCUT2D eigenvalue weighted by Crippen LogP contribution is -2.24. The van der Waals surface area contributed by atoms with Crippen molar-refractivity contribution in [3.05, 3.63) is 12.2 Å². The fourth-order valence-corrected chi connectivity index (χ4v) is 1.06. The second-order valence-corrected chi connectivity index (χ2v) is 2.60. The van der Waals surface area contributed by atoms with Crippen LogP contribution in [0, 0.1) is 0 Å². The Kier molecular flexibility index (Phi) is 1.88. The van der Waals surface area contributed by atoms with Gasteiger partial charge in [0.25, 0.3) is 0 Å². The zero-order valence-electron chi connectivity index (χ0n) is 5.38. The minimum atomic E-state index is -0.464. The molecule has 2 nitrogen and oxygen atoms in total. The van der Waals surface area contributed by atoms with Gasteiger partial charge in [-0.05, 0) is 18.4 Å². The van der Waals surface area contributed by atoms with Gasteiger partial charge in [0.05, 0.1) is 12.2 Å². The number of aliphatic hydroxyl groups is 2. The quantitative estimate of drug-likeness (QED) is 0.465. The van der Waals surface area contributed by atoms with Gasteiger partial charge in [0.15, 0.2) is 0 Å². The van der Waals surface area contributed by atoms with Crippen molar-refractivity contribution in [3.8, 4) is 0 Å². The van der Waals surface area contributed by atoms with Crippen LogP contribution in [0.25, 0.3) is 0 Å². The largest absolute Gasteiger partial charge is 0.393 e. The van der Waals surface area contributed by atoms with E-state index in [1.54, 1.807) is 0 Å². The first-order chi connectivity index (χ1) is 4.20. The summed E-state index contributed by atoms with van der Waals surface area (Å²) in [6.45, 7) is 3.67. The third-order valence-electron chi connectivity index (χ3n) is 1.77. The average Bonchev–Trinajstić information content (AvgIpc) is 1.80. The fourth-order valence-electron chi connectivity index (χ4n) is 1.06. The molecule has 0 spiro atoms. The molecule has 0 aromatic carbocycles. The molecule has 1 rings (SSSR count). The van der Waals surface area contributed by atoms with E-state index >= 15 is 0 Å². The Morgan fingerprint density at radius 2 is 2.11 bits per heavy atom. The average molecular weight is 128 g/mol. The highest BCUT2D eigenvalue weighted by Crippen LogP contribution is 2.21. The zero-order valence-corrected chi connectivity index (χ0v) is 5.38. The van der Waals surface area contributed by atoms with Crippen LogP contribution < -0.4 is 0 Å². The van der Waals surface area contributed by atoms with Crippen LogP contribution >= 0.6 is 0 Å². The van der Waals surface area contributed by atoms with Crippen molar-refractivity contribution in [1.82, 2.24) is 0 Å². The topological polar surface area (TPSA) is 40.5 Å². The summed E-state index contributed by atoms with van der Waals surface area (Å²) in [4.78, 5) is 0. The summed E-state index contributed by atoms with van der Waals surface area (Å²) in [5.74, 6) is 0. The van der Waals surface area contributed by atoms with Crippen molar-refractivity contribution in [1.29, 1.82) is 0 Å². The Labute approximate surface area is 54.8 Å². The lowest BCUT2D eigenvalue weighted by atomic mass is 9.91. The van der Waals surface area contributed by atoms with Gasteiger partial charge in [-0.25, -0.2) is 0 Å². The molecule has 0 saturated heterocycles. The minimum Gasteiger partial charge on any atom is -0.393 e. The normalized spacial score (nSPS) is 36.9. The molecule has 0 aliphatic heterocycles. The molecule has 0 amide bonds. The van der Waals surface area contributed by atoms with E-state index in [1.807, 2.05) is 0 Å². The maximum Gasteiger partial charge on any atom is 0.0772 e. The first-order valence-corrected chi connectivity index (χ1v) is 3.24. The smallest absolute Gasteiger partial charge is 0.0772 e. The minimum absolute atomic E-state index is 0.314. The summed E-state index contributed by atoms with van der Waals surface area (Å²) in [6.07, 6.45) is 1.22. The highest BCUT2D eigenvalue weighted by molar-refractivity contribution is 5.05. The van der Waals surface area contributed by atoms with Crippen LogP contribution in [-0.4, -0.2) is 22.4 Å². The van der Waals surface area contributed by atoms with Gasteiger partial charge >= 0.3 is 0 Å². The van der Waals surface area contributed by atoms with E-state index < -0.39 is 6.10 Å². The molecule has 0 unspecified atom stereocenters. The highest BCUT2D eigenvalue weighted by atomic mass is 16.3. The van der Waals surface area contributed by atoms with Crippen molar-refractivity contribution in [3.63, 3.8) is 0 Å². The molecule has 2 heteroatoms. The van der Waals surface area contributed by atoms with E-state index in [0.717, 1.165) is 18.4 Å². The number of aliphatic hydroxyl groups excluding tert-OH is 2. The van der Waals surface area contributed by atoms with E-state index in [2.05, 4.69) is 6.58 Å². The molecule has 1 saturated carbocycles. The number of rotatable bonds is 0. The molecule has 1 aliphatic carbocycles. The fraction of sp³-hybridized carbons (Fsp3) is 0.714. The van der Waals surface area contributed by atoms with Crippen molar-refractivity contribution < 1.29 is 10.2 Å². The van der Waals surface area contributed by atoms with E-state index in [1.165, 1.54) is 0 Å². The molecule has 0 radical (unpaired) electrons. The molecule has 2 atom stereocenters. The van der Waals surface area contributed by atoms with Crippen molar-refractivity contribution in [2.75, 3.05) is 0 Å². The second-order valence-electron chi connectivity index (χ2n) is 2.60. The van der Waals surface area contributed by atoms with E-state index in [9.17, 15) is 0 Å². The van der Waals surface area contributed by atoms with Crippen LogP contribution in [0.4, 0.5) is 0 Å². The van der Waals surface area contributed by atoms with Gasteiger partial charge < -0.3 is 10.2 Å². The molecule has 52 valence electrons. The van der Waals surface area contributed by atoms with E-state index in [0.29, 0.717) is 6.42 Å². The van der Waals surface area contributed by atoms with Gasteiger partial charge in [-0.3, -0.25) is 0 Å². The van der Waals surface area contributed by atoms with Crippen molar-refractivity contribution in [2.45, 2.75) is 31.5 Å². The van der Waals surface area contributed by atoms with Gasteiger partial charge in [0.1, 0.15) is 0 Å². The third-order valence-corrected chi connectivity index (χ3v) is 1.77.